The number of carbonyl (C=O) groups excluding carboxylic acids is 1. The Morgan fingerprint density at radius 2 is 2.22 bits per heavy atom. The summed E-state index contributed by atoms with van der Waals surface area (Å²) in [6.45, 7) is 2.64. The van der Waals surface area contributed by atoms with Crippen molar-refractivity contribution in [2.75, 3.05) is 13.6 Å². The topological polar surface area (TPSA) is 55.2 Å². The Labute approximate surface area is 108 Å². The summed E-state index contributed by atoms with van der Waals surface area (Å²) in [6.07, 6.45) is 2.17. The van der Waals surface area contributed by atoms with Gasteiger partial charge in [-0.1, -0.05) is 0 Å². The van der Waals surface area contributed by atoms with E-state index < -0.39 is 0 Å². The van der Waals surface area contributed by atoms with Crippen molar-refractivity contribution in [3.8, 4) is 0 Å². The van der Waals surface area contributed by atoms with Crippen molar-refractivity contribution in [1.29, 1.82) is 0 Å². The Morgan fingerprint density at radius 3 is 2.89 bits per heavy atom. The molecule has 1 aliphatic rings. The molecule has 1 fully saturated rings. The fourth-order valence-corrected chi connectivity index (χ4v) is 3.18. The number of fused-ring (bicyclic) bond motifs is 1. The minimum Gasteiger partial charge on any atom is -0.344 e. The molecule has 3 rings (SSSR count). The fraction of sp³-hybridized carbons (Fsp3) is 0.417. The molecule has 0 spiro atoms. The van der Waals surface area contributed by atoms with E-state index in [0.29, 0.717) is 18.4 Å². The SMILES string of the molecule is Cc1cc2c(=O)n(C3CCN(C)C3=O)cnc2s1. The van der Waals surface area contributed by atoms with Crippen molar-refractivity contribution in [2.24, 2.45) is 0 Å². The molecule has 1 amide bonds. The summed E-state index contributed by atoms with van der Waals surface area (Å²) >= 11 is 1.50. The first kappa shape index (κ1) is 11.4. The first-order valence-electron chi connectivity index (χ1n) is 5.80. The van der Waals surface area contributed by atoms with Crippen LogP contribution in [0.25, 0.3) is 10.2 Å². The Morgan fingerprint density at radius 1 is 1.44 bits per heavy atom. The molecule has 2 aromatic heterocycles. The highest BCUT2D eigenvalue weighted by molar-refractivity contribution is 7.18. The van der Waals surface area contributed by atoms with Gasteiger partial charge in [0.15, 0.2) is 0 Å². The number of nitrogens with zero attached hydrogens (tertiary/aromatic N) is 3. The summed E-state index contributed by atoms with van der Waals surface area (Å²) in [4.78, 5) is 32.0. The summed E-state index contributed by atoms with van der Waals surface area (Å²) in [5.41, 5.74) is -0.113. The summed E-state index contributed by atoms with van der Waals surface area (Å²) in [5.74, 6) is -0.00907. The number of carbonyl (C=O) groups is 1. The molecule has 18 heavy (non-hydrogen) atoms. The maximum atomic E-state index is 12.3. The van der Waals surface area contributed by atoms with Crippen LogP contribution >= 0.6 is 11.3 Å². The van der Waals surface area contributed by atoms with Crippen LogP contribution in [0.1, 0.15) is 17.3 Å². The van der Waals surface area contributed by atoms with E-state index in [1.165, 1.54) is 22.2 Å². The largest absolute Gasteiger partial charge is 0.344 e. The summed E-state index contributed by atoms with van der Waals surface area (Å²) in [6, 6.07) is 1.45. The lowest BCUT2D eigenvalue weighted by Gasteiger charge is -2.12. The Hall–Kier alpha value is -1.69. The van der Waals surface area contributed by atoms with Gasteiger partial charge in [-0.3, -0.25) is 14.2 Å². The molecule has 1 atom stereocenters. The number of hydrogen-bond donors (Lipinski definition) is 0. The molecule has 3 heterocycles. The van der Waals surface area contributed by atoms with Gasteiger partial charge >= 0.3 is 0 Å². The third kappa shape index (κ3) is 1.56. The van der Waals surface area contributed by atoms with Crippen LogP contribution in [0.3, 0.4) is 0 Å². The zero-order valence-electron chi connectivity index (χ0n) is 10.2. The third-order valence-electron chi connectivity index (χ3n) is 3.33. The van der Waals surface area contributed by atoms with Gasteiger partial charge in [0.2, 0.25) is 5.91 Å². The van der Waals surface area contributed by atoms with E-state index in [1.54, 1.807) is 11.9 Å². The van der Waals surface area contributed by atoms with Crippen molar-refractivity contribution >= 4 is 27.5 Å². The Bertz CT molecular complexity index is 688. The first-order chi connectivity index (χ1) is 8.58. The van der Waals surface area contributed by atoms with Gasteiger partial charge in [-0.2, -0.15) is 0 Å². The number of rotatable bonds is 1. The molecule has 2 aromatic rings. The zero-order valence-corrected chi connectivity index (χ0v) is 11.0. The zero-order chi connectivity index (χ0) is 12.9. The summed E-state index contributed by atoms with van der Waals surface area (Å²) < 4.78 is 1.47. The third-order valence-corrected chi connectivity index (χ3v) is 4.29. The molecular formula is C12H13N3O2S. The Kier molecular flexibility index (Phi) is 2.48. The van der Waals surface area contributed by atoms with Gasteiger partial charge in [0, 0.05) is 18.5 Å². The van der Waals surface area contributed by atoms with Gasteiger partial charge in [-0.05, 0) is 19.4 Å². The monoisotopic (exact) mass is 263 g/mol. The van der Waals surface area contributed by atoms with Crippen molar-refractivity contribution in [3.63, 3.8) is 0 Å². The number of amides is 1. The smallest absolute Gasteiger partial charge is 0.262 e. The number of thiophene rings is 1. The normalized spacial score (nSPS) is 20.0. The lowest BCUT2D eigenvalue weighted by molar-refractivity contribution is -0.129. The lowest BCUT2D eigenvalue weighted by atomic mass is 10.2. The van der Waals surface area contributed by atoms with E-state index in [-0.39, 0.29) is 17.5 Å². The number of aromatic nitrogens is 2. The molecule has 0 aromatic carbocycles. The van der Waals surface area contributed by atoms with Crippen LogP contribution in [0.15, 0.2) is 17.2 Å². The summed E-state index contributed by atoms with van der Waals surface area (Å²) in [5, 5.41) is 0.613. The van der Waals surface area contributed by atoms with Crippen LogP contribution < -0.4 is 5.56 Å². The van der Waals surface area contributed by atoms with Gasteiger partial charge in [0.05, 0.1) is 11.7 Å². The molecular weight excluding hydrogens is 250 g/mol. The van der Waals surface area contributed by atoms with E-state index >= 15 is 0 Å². The number of hydrogen-bond acceptors (Lipinski definition) is 4. The predicted octanol–water partition coefficient (Wildman–Crippen LogP) is 1.17. The van der Waals surface area contributed by atoms with Crippen LogP contribution in [0.2, 0.25) is 0 Å². The van der Waals surface area contributed by atoms with Crippen LogP contribution in [-0.4, -0.2) is 34.0 Å². The average Bonchev–Trinajstić information content (AvgIpc) is 2.86. The molecule has 1 saturated heterocycles. The highest BCUT2D eigenvalue weighted by Crippen LogP contribution is 2.23. The minimum atomic E-state index is -0.389. The van der Waals surface area contributed by atoms with Crippen LogP contribution in [0, 0.1) is 6.92 Å². The Balaban J connectivity index is 2.16. The van der Waals surface area contributed by atoms with Gasteiger partial charge in [-0.15, -0.1) is 11.3 Å². The quantitative estimate of drug-likeness (QED) is 0.776. The number of likely N-dealkylation sites (N-methyl/N-ethyl adjacent to an activating group) is 1. The fourth-order valence-electron chi connectivity index (χ4n) is 2.34. The molecule has 6 heteroatoms. The molecule has 0 saturated carbocycles. The molecule has 0 bridgehead atoms. The molecule has 0 aliphatic carbocycles. The van der Waals surface area contributed by atoms with Crippen LogP contribution in [-0.2, 0) is 4.79 Å². The molecule has 5 nitrogen and oxygen atoms in total. The van der Waals surface area contributed by atoms with Crippen LogP contribution in [0.5, 0.6) is 0 Å². The second-order valence-electron chi connectivity index (χ2n) is 4.60. The number of aryl methyl sites for hydroxylation is 1. The number of likely N-dealkylation sites (tertiary alicyclic amines) is 1. The van der Waals surface area contributed by atoms with Gasteiger partial charge in [0.25, 0.3) is 5.56 Å². The van der Waals surface area contributed by atoms with E-state index in [4.69, 9.17) is 0 Å². The molecule has 0 N–H and O–H groups in total. The van der Waals surface area contributed by atoms with Gasteiger partial charge < -0.3 is 4.90 Å². The van der Waals surface area contributed by atoms with Crippen molar-refractivity contribution < 1.29 is 4.79 Å². The predicted molar refractivity (Wildman–Crippen MR) is 69.9 cm³/mol. The second kappa shape index (κ2) is 3.91. The second-order valence-corrected chi connectivity index (χ2v) is 5.83. The molecule has 94 valence electrons. The maximum absolute atomic E-state index is 12.3. The van der Waals surface area contributed by atoms with E-state index in [2.05, 4.69) is 4.98 Å². The molecule has 1 aliphatic heterocycles. The molecule has 1 unspecified atom stereocenters. The lowest BCUT2D eigenvalue weighted by Crippen LogP contribution is -2.30. The highest BCUT2D eigenvalue weighted by atomic mass is 32.1. The maximum Gasteiger partial charge on any atom is 0.262 e. The molecule has 0 radical (unpaired) electrons. The van der Waals surface area contributed by atoms with Crippen molar-refractivity contribution in [1.82, 2.24) is 14.5 Å². The average molecular weight is 263 g/mol. The van der Waals surface area contributed by atoms with Crippen molar-refractivity contribution in [3.05, 3.63) is 27.6 Å². The van der Waals surface area contributed by atoms with E-state index in [9.17, 15) is 9.59 Å². The summed E-state index contributed by atoms with van der Waals surface area (Å²) in [7, 11) is 1.76. The standard InChI is InChI=1S/C12H13N3O2S/c1-7-5-8-10(18-7)13-6-15(11(8)16)9-3-4-14(2)12(9)17/h5-6,9H,3-4H2,1-2H3. The van der Waals surface area contributed by atoms with Crippen molar-refractivity contribution in [2.45, 2.75) is 19.4 Å². The van der Waals surface area contributed by atoms with Gasteiger partial charge in [0.1, 0.15) is 10.9 Å². The van der Waals surface area contributed by atoms with E-state index in [1.807, 2.05) is 13.0 Å². The van der Waals surface area contributed by atoms with Gasteiger partial charge in [-0.25, -0.2) is 4.98 Å². The highest BCUT2D eigenvalue weighted by Gasteiger charge is 2.31. The first-order valence-corrected chi connectivity index (χ1v) is 6.62. The van der Waals surface area contributed by atoms with Crippen LogP contribution in [0.4, 0.5) is 0 Å². The van der Waals surface area contributed by atoms with E-state index in [0.717, 1.165) is 9.71 Å². The minimum absolute atomic E-state index is 0.00907.